The molecule has 162 valence electrons. The Morgan fingerprint density at radius 1 is 1.20 bits per heavy atom. The van der Waals surface area contributed by atoms with E-state index in [1.807, 2.05) is 13.8 Å². The van der Waals surface area contributed by atoms with Gasteiger partial charge in [0.2, 0.25) is 0 Å². The summed E-state index contributed by atoms with van der Waals surface area (Å²) in [7, 11) is 0. The maximum absolute atomic E-state index is 12.4. The van der Waals surface area contributed by atoms with E-state index in [0.29, 0.717) is 23.8 Å². The van der Waals surface area contributed by atoms with Crippen molar-refractivity contribution in [3.05, 3.63) is 46.8 Å². The predicted molar refractivity (Wildman–Crippen MR) is 111 cm³/mol. The van der Waals surface area contributed by atoms with Crippen LogP contribution in [-0.2, 0) is 16.1 Å². The van der Waals surface area contributed by atoms with Crippen LogP contribution in [0.4, 0.5) is 0 Å². The van der Waals surface area contributed by atoms with Gasteiger partial charge in [-0.3, -0.25) is 4.79 Å². The highest BCUT2D eigenvalue weighted by molar-refractivity contribution is 5.92. The van der Waals surface area contributed by atoms with Crippen LogP contribution in [0.5, 0.6) is 5.75 Å². The summed E-state index contributed by atoms with van der Waals surface area (Å²) in [5.41, 5.74) is 2.07. The number of nitrogens with zero attached hydrogens (tertiary/aromatic N) is 1. The second-order valence-corrected chi connectivity index (χ2v) is 8.04. The Hall–Kier alpha value is -2.83. The van der Waals surface area contributed by atoms with Gasteiger partial charge in [0.25, 0.3) is 5.91 Å². The molecule has 3 atom stereocenters. The summed E-state index contributed by atoms with van der Waals surface area (Å²) in [5.74, 6) is 1.00. The van der Waals surface area contributed by atoms with Gasteiger partial charge in [-0.1, -0.05) is 24.9 Å². The first-order valence-electron chi connectivity index (χ1n) is 10.5. The molecule has 1 fully saturated rings. The Morgan fingerprint density at radius 2 is 1.90 bits per heavy atom. The fourth-order valence-electron chi connectivity index (χ4n) is 3.66. The highest BCUT2D eigenvalue weighted by Gasteiger charge is 2.26. The summed E-state index contributed by atoms with van der Waals surface area (Å²) in [6.07, 6.45) is 3.57. The van der Waals surface area contributed by atoms with Gasteiger partial charge in [0.05, 0.1) is 16.8 Å². The molecule has 1 aromatic carbocycles. The van der Waals surface area contributed by atoms with Crippen LogP contribution in [0.25, 0.3) is 0 Å². The first kappa shape index (κ1) is 21.9. The normalized spacial score (nSPS) is 19.7. The number of amides is 1. The van der Waals surface area contributed by atoms with Crippen molar-refractivity contribution in [2.45, 2.75) is 72.1 Å². The third-order valence-corrected chi connectivity index (χ3v) is 5.75. The molecule has 0 aliphatic heterocycles. The topological polar surface area (TPSA) is 90.7 Å². The van der Waals surface area contributed by atoms with Gasteiger partial charge < -0.3 is 19.3 Å². The van der Waals surface area contributed by atoms with Crippen molar-refractivity contribution >= 4 is 11.9 Å². The zero-order valence-electron chi connectivity index (χ0n) is 18.1. The number of hydrogen-bond donors (Lipinski definition) is 1. The molecule has 7 nitrogen and oxygen atoms in total. The number of aromatic nitrogens is 1. The number of nitrogens with one attached hydrogen (secondary N) is 1. The number of hydrogen-bond acceptors (Lipinski definition) is 6. The van der Waals surface area contributed by atoms with E-state index in [1.165, 1.54) is 6.42 Å². The Balaban J connectivity index is 1.50. The van der Waals surface area contributed by atoms with Gasteiger partial charge in [0.15, 0.2) is 6.10 Å². The molecule has 1 saturated carbocycles. The van der Waals surface area contributed by atoms with Gasteiger partial charge in [-0.05, 0) is 63.8 Å². The van der Waals surface area contributed by atoms with Gasteiger partial charge in [-0.2, -0.15) is 0 Å². The van der Waals surface area contributed by atoms with E-state index in [-0.39, 0.29) is 11.9 Å². The molecule has 0 radical (unpaired) electrons. The van der Waals surface area contributed by atoms with E-state index in [9.17, 15) is 9.59 Å². The monoisotopic (exact) mass is 414 g/mol. The van der Waals surface area contributed by atoms with Gasteiger partial charge in [-0.25, -0.2) is 4.79 Å². The lowest BCUT2D eigenvalue weighted by molar-refractivity contribution is -0.130. The summed E-state index contributed by atoms with van der Waals surface area (Å²) < 4.78 is 16.2. The van der Waals surface area contributed by atoms with E-state index in [2.05, 4.69) is 17.4 Å². The fraction of sp³-hybridized carbons (Fsp3) is 0.522. The highest BCUT2D eigenvalue weighted by Crippen LogP contribution is 2.24. The van der Waals surface area contributed by atoms with Crippen molar-refractivity contribution in [1.29, 1.82) is 0 Å². The van der Waals surface area contributed by atoms with Crippen LogP contribution in [0.2, 0.25) is 0 Å². The largest absolute Gasteiger partial charge is 0.489 e. The number of ether oxygens (including phenoxy) is 2. The van der Waals surface area contributed by atoms with E-state index in [1.54, 1.807) is 31.2 Å². The molecule has 3 rings (SSSR count). The van der Waals surface area contributed by atoms with E-state index < -0.39 is 12.1 Å². The summed E-state index contributed by atoms with van der Waals surface area (Å²) in [6, 6.07) is 6.80. The van der Waals surface area contributed by atoms with Gasteiger partial charge in [0.1, 0.15) is 18.1 Å². The summed E-state index contributed by atoms with van der Waals surface area (Å²) in [6.45, 7) is 7.78. The molecule has 1 aromatic heterocycles. The van der Waals surface area contributed by atoms with Crippen LogP contribution in [0.3, 0.4) is 0 Å². The smallest absolute Gasteiger partial charge is 0.338 e. The summed E-state index contributed by atoms with van der Waals surface area (Å²) in [4.78, 5) is 24.8. The number of rotatable bonds is 7. The third kappa shape index (κ3) is 5.40. The van der Waals surface area contributed by atoms with E-state index in [4.69, 9.17) is 14.0 Å². The molecule has 0 bridgehead atoms. The fourth-order valence-corrected chi connectivity index (χ4v) is 3.66. The zero-order chi connectivity index (χ0) is 21.7. The zero-order valence-corrected chi connectivity index (χ0v) is 18.1. The van der Waals surface area contributed by atoms with E-state index in [0.717, 1.165) is 36.3 Å². The Morgan fingerprint density at radius 3 is 2.53 bits per heavy atom. The van der Waals surface area contributed by atoms with E-state index >= 15 is 0 Å². The maximum Gasteiger partial charge on any atom is 0.338 e. The Kier molecular flexibility index (Phi) is 7.13. The Bertz CT molecular complexity index is 855. The van der Waals surface area contributed by atoms with Crippen LogP contribution in [-0.4, -0.2) is 29.2 Å². The number of carbonyl (C=O) groups is 2. The molecule has 0 saturated heterocycles. The molecule has 1 heterocycles. The van der Waals surface area contributed by atoms with Crippen molar-refractivity contribution in [2.24, 2.45) is 5.92 Å². The Labute approximate surface area is 177 Å². The molecular formula is C23H30N2O5. The lowest BCUT2D eigenvalue weighted by atomic mass is 9.86. The number of esters is 1. The average Bonchev–Trinajstić information content (AvgIpc) is 3.05. The van der Waals surface area contributed by atoms with Crippen molar-refractivity contribution in [3.8, 4) is 5.75 Å². The van der Waals surface area contributed by atoms with Gasteiger partial charge >= 0.3 is 5.97 Å². The number of carbonyl (C=O) groups excluding carboxylic acids is 2. The van der Waals surface area contributed by atoms with Crippen LogP contribution < -0.4 is 10.1 Å². The second-order valence-electron chi connectivity index (χ2n) is 8.04. The molecule has 1 N–H and O–H groups in total. The minimum Gasteiger partial charge on any atom is -0.489 e. The lowest BCUT2D eigenvalue weighted by Crippen LogP contribution is -2.45. The molecule has 3 unspecified atom stereocenters. The first-order valence-corrected chi connectivity index (χ1v) is 10.5. The molecule has 7 heteroatoms. The standard InChI is InChI=1S/C23H30N2O5/c1-14-7-5-6-8-21(14)24-22(26)17(4)29-23(27)18-9-11-19(12-10-18)28-13-20-15(2)25-30-16(20)3/h9-12,14,17,21H,5-8,13H2,1-4H3,(H,24,26). The van der Waals surface area contributed by atoms with Crippen LogP contribution in [0, 0.1) is 19.8 Å². The molecule has 1 aliphatic rings. The predicted octanol–water partition coefficient (Wildman–Crippen LogP) is 4.11. The van der Waals surface area contributed by atoms with Crippen LogP contribution >= 0.6 is 0 Å². The SMILES string of the molecule is Cc1noc(C)c1COc1ccc(C(=O)OC(C)C(=O)NC2CCCCC2C)cc1. The maximum atomic E-state index is 12.4. The minimum absolute atomic E-state index is 0.154. The van der Waals surface area contributed by atoms with Crippen molar-refractivity contribution in [2.75, 3.05) is 0 Å². The third-order valence-electron chi connectivity index (χ3n) is 5.75. The molecule has 1 amide bonds. The molecule has 30 heavy (non-hydrogen) atoms. The quantitative estimate of drug-likeness (QED) is 0.686. The van der Waals surface area contributed by atoms with Crippen molar-refractivity contribution in [1.82, 2.24) is 10.5 Å². The van der Waals surface area contributed by atoms with Crippen LogP contribution in [0.15, 0.2) is 28.8 Å². The molecular weight excluding hydrogens is 384 g/mol. The lowest BCUT2D eigenvalue weighted by Gasteiger charge is -2.30. The van der Waals surface area contributed by atoms with Gasteiger partial charge in [-0.15, -0.1) is 0 Å². The molecule has 0 spiro atoms. The number of aryl methyl sites for hydroxylation is 2. The average molecular weight is 415 g/mol. The number of benzene rings is 1. The van der Waals surface area contributed by atoms with Gasteiger partial charge in [0, 0.05) is 6.04 Å². The highest BCUT2D eigenvalue weighted by atomic mass is 16.5. The summed E-state index contributed by atoms with van der Waals surface area (Å²) >= 11 is 0. The van der Waals surface area contributed by atoms with Crippen molar-refractivity contribution < 1.29 is 23.6 Å². The second kappa shape index (κ2) is 9.78. The summed E-state index contributed by atoms with van der Waals surface area (Å²) in [5, 5.41) is 6.92. The minimum atomic E-state index is -0.845. The molecule has 2 aromatic rings. The van der Waals surface area contributed by atoms with Crippen LogP contribution in [0.1, 0.15) is 66.9 Å². The van der Waals surface area contributed by atoms with Crippen molar-refractivity contribution in [3.63, 3.8) is 0 Å². The first-order chi connectivity index (χ1) is 14.3. The molecule has 1 aliphatic carbocycles.